The Morgan fingerprint density at radius 1 is 0.862 bits per heavy atom. The van der Waals surface area contributed by atoms with E-state index in [1.165, 1.54) is 57.4 Å². The third-order valence-electron chi connectivity index (χ3n) is 6.03. The minimum atomic E-state index is -0.917. The number of hydrogen-bond acceptors (Lipinski definition) is 1. The normalized spacial score (nSPS) is 18.9. The highest BCUT2D eigenvalue weighted by molar-refractivity contribution is 5.41. The number of rotatable bonds is 11. The predicted octanol–water partition coefficient (Wildman–Crippen LogP) is 8.05. The molecule has 1 aromatic carbocycles. The summed E-state index contributed by atoms with van der Waals surface area (Å²) in [5, 5.41) is 0. The van der Waals surface area contributed by atoms with Crippen molar-refractivity contribution in [2.24, 2.45) is 11.8 Å². The molecular weight excluding hydrogens is 366 g/mol. The molecule has 2 rings (SSSR count). The van der Waals surface area contributed by atoms with E-state index < -0.39 is 11.6 Å². The van der Waals surface area contributed by atoms with Crippen molar-refractivity contribution in [2.45, 2.75) is 97.3 Å². The number of ether oxygens (including phenoxy) is 1. The Kier molecular flexibility index (Phi) is 11.1. The first-order valence-corrected chi connectivity index (χ1v) is 11.8. The standard InChI is InChI=1S/C26H38F2O/c1-3-5-7-8-9-11-21-12-14-22(15-13-21)16-17-23-18-19-24(26(28)25(23)27)29-20-10-6-4-2/h18-19,21-22H,3-15,20H2,1-2H3/t21-,22-. The van der Waals surface area contributed by atoms with Crippen molar-refractivity contribution < 1.29 is 13.5 Å². The van der Waals surface area contributed by atoms with Crippen molar-refractivity contribution in [2.75, 3.05) is 6.61 Å². The lowest BCUT2D eigenvalue weighted by Gasteiger charge is -2.25. The summed E-state index contributed by atoms with van der Waals surface area (Å²) >= 11 is 0. The van der Waals surface area contributed by atoms with Gasteiger partial charge in [-0.1, -0.05) is 77.1 Å². The molecule has 0 saturated heterocycles. The lowest BCUT2D eigenvalue weighted by atomic mass is 9.80. The summed E-state index contributed by atoms with van der Waals surface area (Å²) in [6, 6.07) is 3.05. The second-order valence-electron chi connectivity index (χ2n) is 8.48. The highest BCUT2D eigenvalue weighted by Crippen LogP contribution is 2.32. The fourth-order valence-corrected chi connectivity index (χ4v) is 4.09. The van der Waals surface area contributed by atoms with Gasteiger partial charge < -0.3 is 4.74 Å². The first-order valence-electron chi connectivity index (χ1n) is 11.8. The highest BCUT2D eigenvalue weighted by atomic mass is 19.2. The molecule has 0 amide bonds. The third-order valence-corrected chi connectivity index (χ3v) is 6.03. The van der Waals surface area contributed by atoms with Crippen molar-refractivity contribution >= 4 is 0 Å². The molecule has 1 saturated carbocycles. The summed E-state index contributed by atoms with van der Waals surface area (Å²) in [6.07, 6.45) is 15.6. The van der Waals surface area contributed by atoms with Gasteiger partial charge in [-0.3, -0.25) is 0 Å². The van der Waals surface area contributed by atoms with Crippen molar-refractivity contribution in [1.82, 2.24) is 0 Å². The maximum absolute atomic E-state index is 14.3. The van der Waals surface area contributed by atoms with Crippen LogP contribution in [0.15, 0.2) is 12.1 Å². The van der Waals surface area contributed by atoms with Gasteiger partial charge in [-0.15, -0.1) is 0 Å². The molecule has 1 aliphatic carbocycles. The molecule has 0 spiro atoms. The van der Waals surface area contributed by atoms with Crippen LogP contribution in [0.25, 0.3) is 0 Å². The second kappa shape index (κ2) is 13.6. The molecule has 0 heterocycles. The van der Waals surface area contributed by atoms with Gasteiger partial charge in [0.25, 0.3) is 0 Å². The van der Waals surface area contributed by atoms with Crippen LogP contribution in [0, 0.1) is 35.3 Å². The van der Waals surface area contributed by atoms with E-state index in [1.54, 1.807) is 6.07 Å². The van der Waals surface area contributed by atoms with Crippen LogP contribution in [0.3, 0.4) is 0 Å². The Balaban J connectivity index is 1.79. The first kappa shape index (κ1) is 23.7. The lowest BCUT2D eigenvalue weighted by molar-refractivity contribution is 0.286. The average Bonchev–Trinajstić information content (AvgIpc) is 2.74. The van der Waals surface area contributed by atoms with Crippen molar-refractivity contribution in [3.05, 3.63) is 29.3 Å². The van der Waals surface area contributed by atoms with Crippen molar-refractivity contribution in [3.8, 4) is 17.6 Å². The summed E-state index contributed by atoms with van der Waals surface area (Å²) in [4.78, 5) is 0. The van der Waals surface area contributed by atoms with E-state index >= 15 is 0 Å². The topological polar surface area (TPSA) is 9.23 Å². The van der Waals surface area contributed by atoms with E-state index in [0.717, 1.165) is 38.0 Å². The lowest BCUT2D eigenvalue weighted by Crippen LogP contribution is -2.13. The van der Waals surface area contributed by atoms with Crippen LogP contribution in [0.1, 0.15) is 103 Å². The zero-order chi connectivity index (χ0) is 20.9. The molecule has 0 atom stereocenters. The molecule has 3 heteroatoms. The summed E-state index contributed by atoms with van der Waals surface area (Å²) in [7, 11) is 0. The quantitative estimate of drug-likeness (QED) is 0.268. The minimum absolute atomic E-state index is 0.0106. The van der Waals surface area contributed by atoms with Crippen molar-refractivity contribution in [1.29, 1.82) is 0 Å². The molecule has 1 aliphatic rings. The van der Waals surface area contributed by atoms with Gasteiger partial charge in [0, 0.05) is 5.92 Å². The van der Waals surface area contributed by atoms with Gasteiger partial charge in [0.05, 0.1) is 12.2 Å². The summed E-state index contributed by atoms with van der Waals surface area (Å²) in [5.41, 5.74) is 0.140. The van der Waals surface area contributed by atoms with Crippen LogP contribution in [-0.4, -0.2) is 6.61 Å². The molecule has 0 unspecified atom stereocenters. The highest BCUT2D eigenvalue weighted by Gasteiger charge is 2.20. The maximum Gasteiger partial charge on any atom is 0.201 e. The van der Waals surface area contributed by atoms with Gasteiger partial charge in [-0.2, -0.15) is 4.39 Å². The Hall–Kier alpha value is -1.56. The second-order valence-corrected chi connectivity index (χ2v) is 8.48. The van der Waals surface area contributed by atoms with E-state index in [4.69, 9.17) is 4.74 Å². The Morgan fingerprint density at radius 2 is 1.55 bits per heavy atom. The summed E-state index contributed by atoms with van der Waals surface area (Å²) < 4.78 is 33.9. The van der Waals surface area contributed by atoms with Crippen LogP contribution >= 0.6 is 0 Å². The first-order chi connectivity index (χ1) is 14.2. The van der Waals surface area contributed by atoms with E-state index in [-0.39, 0.29) is 11.3 Å². The average molecular weight is 405 g/mol. The van der Waals surface area contributed by atoms with Crippen LogP contribution in [-0.2, 0) is 0 Å². The fourth-order valence-electron chi connectivity index (χ4n) is 4.09. The van der Waals surface area contributed by atoms with Gasteiger partial charge in [0.15, 0.2) is 11.6 Å². The Labute approximate surface area is 176 Å². The Bertz CT molecular complexity index is 651. The molecule has 0 radical (unpaired) electrons. The summed E-state index contributed by atoms with van der Waals surface area (Å²) in [6.45, 7) is 4.76. The van der Waals surface area contributed by atoms with E-state index in [1.807, 2.05) is 0 Å². The number of unbranched alkanes of at least 4 members (excludes halogenated alkanes) is 6. The monoisotopic (exact) mass is 404 g/mol. The van der Waals surface area contributed by atoms with E-state index in [2.05, 4.69) is 25.7 Å². The predicted molar refractivity (Wildman–Crippen MR) is 117 cm³/mol. The molecule has 1 fully saturated rings. The Morgan fingerprint density at radius 3 is 2.28 bits per heavy atom. The van der Waals surface area contributed by atoms with Gasteiger partial charge in [-0.25, -0.2) is 4.39 Å². The molecule has 1 nitrogen and oxygen atoms in total. The molecular formula is C26H38F2O. The summed E-state index contributed by atoms with van der Waals surface area (Å²) in [5.74, 6) is 5.40. The zero-order valence-corrected chi connectivity index (χ0v) is 18.4. The molecule has 0 aromatic heterocycles. The molecule has 0 aliphatic heterocycles. The van der Waals surface area contributed by atoms with Crippen LogP contribution in [0.4, 0.5) is 8.78 Å². The SMILES string of the molecule is CCCCCCC[C@H]1CC[C@H](C#Cc2ccc(OCCCCC)c(F)c2F)CC1. The molecule has 1 aromatic rings. The van der Waals surface area contributed by atoms with E-state index in [9.17, 15) is 8.78 Å². The molecule has 162 valence electrons. The van der Waals surface area contributed by atoms with E-state index in [0.29, 0.717) is 12.5 Å². The molecule has 0 N–H and O–H groups in total. The number of benzene rings is 1. The van der Waals surface area contributed by atoms with Gasteiger partial charge in [0.2, 0.25) is 5.82 Å². The van der Waals surface area contributed by atoms with Crippen molar-refractivity contribution in [3.63, 3.8) is 0 Å². The van der Waals surface area contributed by atoms with Crippen LogP contribution < -0.4 is 4.74 Å². The third kappa shape index (κ3) is 8.37. The van der Waals surface area contributed by atoms with Crippen LogP contribution in [0.2, 0.25) is 0 Å². The van der Waals surface area contributed by atoms with Gasteiger partial charge in [-0.05, 0) is 50.2 Å². The smallest absolute Gasteiger partial charge is 0.201 e. The molecule has 0 bridgehead atoms. The maximum atomic E-state index is 14.3. The van der Waals surface area contributed by atoms with Gasteiger partial charge >= 0.3 is 0 Å². The molecule has 29 heavy (non-hydrogen) atoms. The fraction of sp³-hybridized carbons (Fsp3) is 0.692. The largest absolute Gasteiger partial charge is 0.490 e. The zero-order valence-electron chi connectivity index (χ0n) is 18.4. The van der Waals surface area contributed by atoms with Crippen LogP contribution in [0.5, 0.6) is 5.75 Å². The minimum Gasteiger partial charge on any atom is -0.490 e. The van der Waals surface area contributed by atoms with Gasteiger partial charge in [0.1, 0.15) is 0 Å². The number of hydrogen-bond donors (Lipinski definition) is 0. The number of halogens is 2.